The summed E-state index contributed by atoms with van der Waals surface area (Å²) >= 11 is 0. The summed E-state index contributed by atoms with van der Waals surface area (Å²) in [7, 11) is 0. The predicted molar refractivity (Wildman–Crippen MR) is 131 cm³/mol. The van der Waals surface area contributed by atoms with Crippen molar-refractivity contribution >= 4 is 16.8 Å². The summed E-state index contributed by atoms with van der Waals surface area (Å²) in [5.74, 6) is 0.198. The molecule has 0 amide bonds. The third-order valence-electron chi connectivity index (χ3n) is 7.81. The van der Waals surface area contributed by atoms with Crippen molar-refractivity contribution in [3.8, 4) is 5.75 Å². The Labute approximate surface area is 204 Å². The molecule has 3 saturated heterocycles. The Morgan fingerprint density at radius 3 is 2.77 bits per heavy atom. The number of benzene rings is 2. The van der Waals surface area contributed by atoms with Gasteiger partial charge in [-0.25, -0.2) is 4.39 Å². The lowest BCUT2D eigenvalue weighted by atomic mass is 9.91. The fourth-order valence-electron chi connectivity index (χ4n) is 5.90. The minimum absolute atomic E-state index is 0.104. The second kappa shape index (κ2) is 9.74. The lowest BCUT2D eigenvalue weighted by molar-refractivity contribution is 0.0726. The molecule has 3 aliphatic rings. The molecule has 0 saturated carbocycles. The first-order valence-electron chi connectivity index (χ1n) is 12.8. The van der Waals surface area contributed by atoms with E-state index in [4.69, 9.17) is 9.26 Å². The normalized spacial score (nSPS) is 23.7. The molecule has 0 unspecified atom stereocenters. The standard InChI is InChI=1S/C27H32F2N4O2/c28-24-9-8-23-26(25(24)29)35-30-27(23)33-13-12-32-16-20(6-7-21(32)17-33)18-34-22-5-3-4-19(14-22)15-31-10-1-2-11-31/h3-5,8-9,14,20-21H,1-2,6-7,10-13,15-18H2/t20-,21-/m0/s1. The lowest BCUT2D eigenvalue weighted by Crippen LogP contribution is -2.57. The molecule has 8 heteroatoms. The number of hydrogen-bond acceptors (Lipinski definition) is 6. The summed E-state index contributed by atoms with van der Waals surface area (Å²) < 4.78 is 39.0. The molecule has 0 spiro atoms. The van der Waals surface area contributed by atoms with Crippen molar-refractivity contribution in [2.24, 2.45) is 5.92 Å². The molecule has 4 heterocycles. The largest absolute Gasteiger partial charge is 0.493 e. The van der Waals surface area contributed by atoms with Crippen molar-refractivity contribution in [2.75, 3.05) is 50.8 Å². The Morgan fingerprint density at radius 1 is 1.00 bits per heavy atom. The highest BCUT2D eigenvalue weighted by Crippen LogP contribution is 2.33. The zero-order chi connectivity index (χ0) is 23.8. The van der Waals surface area contributed by atoms with Crippen molar-refractivity contribution < 1.29 is 18.0 Å². The summed E-state index contributed by atoms with van der Waals surface area (Å²) in [5.41, 5.74) is 1.22. The summed E-state index contributed by atoms with van der Waals surface area (Å²) in [5, 5.41) is 4.61. The quantitative estimate of drug-likeness (QED) is 0.508. The SMILES string of the molecule is Fc1ccc2c(N3CCN4C[C@@H](COc5cccc(CN6CCCC6)c5)CC[C@H]4C3)noc2c1F. The number of anilines is 1. The average Bonchev–Trinajstić information content (AvgIpc) is 3.55. The van der Waals surface area contributed by atoms with Gasteiger partial charge in [0, 0.05) is 44.7 Å². The monoisotopic (exact) mass is 482 g/mol. The van der Waals surface area contributed by atoms with Gasteiger partial charge in [0.2, 0.25) is 11.4 Å². The van der Waals surface area contributed by atoms with Crippen LogP contribution < -0.4 is 9.64 Å². The number of rotatable bonds is 6. The first kappa shape index (κ1) is 22.7. The van der Waals surface area contributed by atoms with E-state index in [2.05, 4.69) is 44.1 Å². The predicted octanol–water partition coefficient (Wildman–Crippen LogP) is 4.68. The highest BCUT2D eigenvalue weighted by atomic mass is 19.2. The van der Waals surface area contributed by atoms with Crippen molar-refractivity contribution in [1.29, 1.82) is 0 Å². The maximum Gasteiger partial charge on any atom is 0.207 e. The molecular formula is C27H32F2N4O2. The van der Waals surface area contributed by atoms with Crippen LogP contribution in [0.3, 0.4) is 0 Å². The number of aromatic nitrogens is 1. The van der Waals surface area contributed by atoms with Gasteiger partial charge in [-0.2, -0.15) is 4.39 Å². The molecule has 3 fully saturated rings. The smallest absolute Gasteiger partial charge is 0.207 e. The van der Waals surface area contributed by atoms with Gasteiger partial charge in [0.1, 0.15) is 5.75 Å². The molecule has 0 aliphatic carbocycles. The van der Waals surface area contributed by atoms with Gasteiger partial charge >= 0.3 is 0 Å². The van der Waals surface area contributed by atoms with E-state index in [9.17, 15) is 8.78 Å². The molecular weight excluding hydrogens is 450 g/mol. The van der Waals surface area contributed by atoms with Crippen LogP contribution in [0.1, 0.15) is 31.2 Å². The van der Waals surface area contributed by atoms with Crippen LogP contribution in [0.15, 0.2) is 40.9 Å². The minimum atomic E-state index is -0.970. The molecule has 35 heavy (non-hydrogen) atoms. The van der Waals surface area contributed by atoms with Gasteiger partial charge in [-0.3, -0.25) is 9.80 Å². The van der Waals surface area contributed by atoms with Crippen LogP contribution in [-0.4, -0.2) is 66.9 Å². The van der Waals surface area contributed by atoms with Crippen LogP contribution in [0.25, 0.3) is 11.0 Å². The van der Waals surface area contributed by atoms with Crippen molar-refractivity contribution in [1.82, 2.24) is 15.0 Å². The first-order chi connectivity index (χ1) is 17.1. The van der Waals surface area contributed by atoms with Crippen LogP contribution in [-0.2, 0) is 6.54 Å². The Balaban J connectivity index is 1.03. The zero-order valence-electron chi connectivity index (χ0n) is 20.0. The third-order valence-corrected chi connectivity index (χ3v) is 7.81. The molecule has 2 aromatic carbocycles. The summed E-state index contributed by atoms with van der Waals surface area (Å²) in [6.07, 6.45) is 4.81. The fourth-order valence-corrected chi connectivity index (χ4v) is 5.90. The number of piperidine rings is 1. The van der Waals surface area contributed by atoms with E-state index in [0.29, 0.717) is 23.2 Å². The van der Waals surface area contributed by atoms with E-state index in [1.807, 2.05) is 0 Å². The number of hydrogen-bond donors (Lipinski definition) is 0. The van der Waals surface area contributed by atoms with E-state index in [1.165, 1.54) is 31.5 Å². The van der Waals surface area contributed by atoms with E-state index in [-0.39, 0.29) is 5.58 Å². The molecule has 6 rings (SSSR count). The van der Waals surface area contributed by atoms with Gasteiger partial charge in [0.15, 0.2) is 11.6 Å². The van der Waals surface area contributed by atoms with Crippen molar-refractivity contribution in [2.45, 2.75) is 38.3 Å². The average molecular weight is 483 g/mol. The fraction of sp³-hybridized carbons (Fsp3) is 0.519. The van der Waals surface area contributed by atoms with Gasteiger partial charge in [-0.15, -0.1) is 0 Å². The second-order valence-electron chi connectivity index (χ2n) is 10.2. The van der Waals surface area contributed by atoms with Gasteiger partial charge in [0.05, 0.1) is 12.0 Å². The first-order valence-corrected chi connectivity index (χ1v) is 12.8. The van der Waals surface area contributed by atoms with Crippen LogP contribution >= 0.6 is 0 Å². The van der Waals surface area contributed by atoms with E-state index >= 15 is 0 Å². The summed E-state index contributed by atoms with van der Waals surface area (Å²) in [6, 6.07) is 11.7. The highest BCUT2D eigenvalue weighted by molar-refractivity contribution is 5.89. The molecule has 0 bridgehead atoms. The molecule has 3 aliphatic heterocycles. The lowest BCUT2D eigenvalue weighted by Gasteiger charge is -2.46. The van der Waals surface area contributed by atoms with Gasteiger partial charge in [-0.05, 0) is 68.6 Å². The van der Waals surface area contributed by atoms with Crippen molar-refractivity contribution in [3.63, 3.8) is 0 Å². The molecule has 186 valence electrons. The van der Waals surface area contributed by atoms with Gasteiger partial charge in [-0.1, -0.05) is 17.3 Å². The number of likely N-dealkylation sites (tertiary alicyclic amines) is 1. The topological polar surface area (TPSA) is 45.0 Å². The zero-order valence-corrected chi connectivity index (χ0v) is 20.0. The summed E-state index contributed by atoms with van der Waals surface area (Å²) in [6.45, 7) is 7.66. The number of halogens is 2. The van der Waals surface area contributed by atoms with E-state index < -0.39 is 11.6 Å². The van der Waals surface area contributed by atoms with Crippen LogP contribution in [0.2, 0.25) is 0 Å². The molecule has 1 aromatic heterocycles. The molecule has 0 N–H and O–H groups in total. The van der Waals surface area contributed by atoms with E-state index in [0.717, 1.165) is 64.0 Å². The number of ether oxygens (including phenoxy) is 1. The Kier molecular flexibility index (Phi) is 6.33. The Morgan fingerprint density at radius 2 is 1.89 bits per heavy atom. The van der Waals surface area contributed by atoms with Crippen LogP contribution in [0.5, 0.6) is 5.75 Å². The molecule has 2 atom stereocenters. The van der Waals surface area contributed by atoms with Crippen LogP contribution in [0.4, 0.5) is 14.6 Å². The Bertz CT molecular complexity index is 1180. The van der Waals surface area contributed by atoms with Gasteiger partial charge in [0.25, 0.3) is 0 Å². The third kappa shape index (κ3) is 4.74. The minimum Gasteiger partial charge on any atom is -0.493 e. The molecule has 3 aromatic rings. The second-order valence-corrected chi connectivity index (χ2v) is 10.2. The Hall–Kier alpha value is -2.71. The number of fused-ring (bicyclic) bond motifs is 2. The number of piperazine rings is 1. The highest BCUT2D eigenvalue weighted by Gasteiger charge is 2.34. The maximum atomic E-state index is 14.0. The summed E-state index contributed by atoms with van der Waals surface area (Å²) in [4.78, 5) is 7.20. The van der Waals surface area contributed by atoms with Crippen LogP contribution in [0, 0.1) is 17.6 Å². The van der Waals surface area contributed by atoms with Crippen molar-refractivity contribution in [3.05, 3.63) is 53.6 Å². The van der Waals surface area contributed by atoms with E-state index in [1.54, 1.807) is 6.07 Å². The molecule has 0 radical (unpaired) electrons. The maximum absolute atomic E-state index is 14.0. The van der Waals surface area contributed by atoms with Gasteiger partial charge < -0.3 is 14.2 Å². The number of nitrogens with zero attached hydrogens (tertiary/aromatic N) is 4. The molecule has 6 nitrogen and oxygen atoms in total.